The van der Waals surface area contributed by atoms with Crippen LogP contribution in [0, 0.1) is 5.82 Å². The molecule has 5 atom stereocenters. The second kappa shape index (κ2) is 11.6. The molecule has 0 bridgehead atoms. The Morgan fingerprint density at radius 1 is 1.25 bits per heavy atom. The number of aliphatic hydroxyl groups is 1. The van der Waals surface area contributed by atoms with Crippen molar-refractivity contribution in [2.45, 2.75) is 63.2 Å². The molecule has 1 saturated carbocycles. The number of aromatic amines is 1. The van der Waals surface area contributed by atoms with E-state index in [1.54, 1.807) is 24.3 Å². The van der Waals surface area contributed by atoms with Crippen molar-refractivity contribution in [3.63, 3.8) is 0 Å². The molecule has 14 heteroatoms. The minimum atomic E-state index is -4.30. The third-order valence-corrected chi connectivity index (χ3v) is 8.49. The average Bonchev–Trinajstić information content (AvgIpc) is 3.27. The fourth-order valence-corrected chi connectivity index (χ4v) is 5.94. The maximum absolute atomic E-state index is 14.0. The van der Waals surface area contributed by atoms with Gasteiger partial charge in [0.1, 0.15) is 30.2 Å². The number of fused-ring (bicyclic) bond motifs is 1. The zero-order valence-corrected chi connectivity index (χ0v) is 22.4. The lowest BCUT2D eigenvalue weighted by molar-refractivity contribution is -0.154. The number of nitrogens with one attached hydrogen (secondary N) is 2. The summed E-state index contributed by atoms with van der Waals surface area (Å²) in [7, 11) is -4.30. The van der Waals surface area contributed by atoms with Crippen molar-refractivity contribution < 1.29 is 37.4 Å². The normalized spacial score (nSPS) is 23.3. The van der Waals surface area contributed by atoms with Gasteiger partial charge >= 0.3 is 19.4 Å². The molecule has 1 aliphatic heterocycles. The highest BCUT2D eigenvalue weighted by Gasteiger charge is 2.40. The van der Waals surface area contributed by atoms with Crippen LogP contribution in [-0.4, -0.2) is 51.6 Å². The Kier molecular flexibility index (Phi) is 8.20. The molecular weight excluding hydrogens is 548 g/mol. The Balaban J connectivity index is 1.34. The quantitative estimate of drug-likeness (QED) is 0.242. The third-order valence-electron chi connectivity index (χ3n) is 6.86. The highest BCUT2D eigenvalue weighted by atomic mass is 31.2. The molecule has 0 spiro atoms. The van der Waals surface area contributed by atoms with E-state index in [0.29, 0.717) is 11.6 Å². The van der Waals surface area contributed by atoms with Gasteiger partial charge in [-0.2, -0.15) is 9.48 Å². The zero-order chi connectivity index (χ0) is 28.4. The van der Waals surface area contributed by atoms with Crippen LogP contribution in [0.25, 0.3) is 10.8 Å². The average molecular weight is 578 g/mol. The fraction of sp³-hybridized carbons (Fsp3) is 0.423. The number of rotatable bonds is 10. The van der Waals surface area contributed by atoms with E-state index in [4.69, 9.17) is 18.5 Å². The van der Waals surface area contributed by atoms with Gasteiger partial charge < -0.3 is 19.1 Å². The van der Waals surface area contributed by atoms with E-state index in [-0.39, 0.29) is 18.3 Å². The summed E-state index contributed by atoms with van der Waals surface area (Å²) in [6.07, 6.45) is -0.554. The van der Waals surface area contributed by atoms with Gasteiger partial charge in [0, 0.05) is 11.8 Å². The van der Waals surface area contributed by atoms with Crippen molar-refractivity contribution in [2.75, 3.05) is 6.61 Å². The molecular formula is C26H29FN3O9P. The number of esters is 1. The molecule has 5 rings (SSSR count). The Morgan fingerprint density at radius 2 is 2.00 bits per heavy atom. The molecule has 1 saturated heterocycles. The number of benzene rings is 2. The summed E-state index contributed by atoms with van der Waals surface area (Å²) >= 11 is 0. The molecule has 40 heavy (non-hydrogen) atoms. The van der Waals surface area contributed by atoms with E-state index in [9.17, 15) is 28.4 Å². The van der Waals surface area contributed by atoms with E-state index < -0.39 is 61.9 Å². The monoisotopic (exact) mass is 577 g/mol. The van der Waals surface area contributed by atoms with Crippen LogP contribution in [0.2, 0.25) is 0 Å². The number of halogens is 1. The zero-order valence-electron chi connectivity index (χ0n) is 21.5. The molecule has 3 N–H and O–H groups in total. The van der Waals surface area contributed by atoms with Gasteiger partial charge in [0.15, 0.2) is 0 Å². The van der Waals surface area contributed by atoms with Crippen LogP contribution in [0.4, 0.5) is 4.39 Å². The number of H-pyrrole nitrogens is 1. The van der Waals surface area contributed by atoms with E-state index in [1.807, 2.05) is 23.2 Å². The predicted octanol–water partition coefficient (Wildman–Crippen LogP) is 2.75. The molecule has 2 aliphatic rings. The Bertz CT molecular complexity index is 1550. The van der Waals surface area contributed by atoms with E-state index in [0.717, 1.165) is 29.2 Å². The number of carbonyl (C=O) groups excluding carboxylic acids is 1. The van der Waals surface area contributed by atoms with Gasteiger partial charge in [-0.25, -0.2) is 9.36 Å². The Morgan fingerprint density at radius 3 is 2.75 bits per heavy atom. The van der Waals surface area contributed by atoms with Gasteiger partial charge in [-0.3, -0.25) is 23.7 Å². The van der Waals surface area contributed by atoms with E-state index >= 15 is 0 Å². The smallest absolute Gasteiger partial charge is 0.459 e. The van der Waals surface area contributed by atoms with Crippen LogP contribution in [-0.2, 0) is 23.4 Å². The molecule has 0 radical (unpaired) electrons. The first-order valence-electron chi connectivity index (χ1n) is 12.9. The van der Waals surface area contributed by atoms with E-state index in [1.165, 1.54) is 6.92 Å². The number of aliphatic hydroxyl groups excluding tert-OH is 1. The standard InChI is InChI=1S/C26H29FN3O9P/c1-15(25(33)37-17-8-5-9-17)29-40(35,39-21-11-4-7-16-6-2-3-10-18(16)21)36-14-22-20(31)12-23(38-22)30-13-19(27)24(32)28-26(30)34/h2-4,6-7,10-11,13,15,17,20,22-23,31H,5,8-9,12,14H2,1H3,(H,29,35)(H,28,32,34)/t15-,20?,22+,23+,40?/m0/s1. The van der Waals surface area contributed by atoms with Crippen LogP contribution in [0.15, 0.2) is 58.3 Å². The first-order valence-corrected chi connectivity index (χ1v) is 14.4. The number of carbonyl (C=O) groups is 1. The van der Waals surface area contributed by atoms with Gasteiger partial charge in [-0.1, -0.05) is 36.4 Å². The predicted molar refractivity (Wildman–Crippen MR) is 140 cm³/mol. The van der Waals surface area contributed by atoms with Crippen LogP contribution in [0.5, 0.6) is 5.75 Å². The number of aromatic nitrogens is 2. The van der Waals surface area contributed by atoms with Crippen molar-refractivity contribution in [3.8, 4) is 5.75 Å². The van der Waals surface area contributed by atoms with Crippen LogP contribution in [0.3, 0.4) is 0 Å². The molecule has 2 heterocycles. The summed E-state index contributed by atoms with van der Waals surface area (Å²) in [4.78, 5) is 37.9. The minimum absolute atomic E-state index is 0.133. The number of hydrogen-bond acceptors (Lipinski definition) is 9. The Hall–Kier alpha value is -3.35. The summed E-state index contributed by atoms with van der Waals surface area (Å²) < 4.78 is 51.2. The van der Waals surface area contributed by atoms with Crippen molar-refractivity contribution in [2.24, 2.45) is 0 Å². The van der Waals surface area contributed by atoms with Crippen LogP contribution in [0.1, 0.15) is 38.8 Å². The second-order valence-corrected chi connectivity index (χ2v) is 11.5. The lowest BCUT2D eigenvalue weighted by Crippen LogP contribution is -2.39. The van der Waals surface area contributed by atoms with Crippen molar-refractivity contribution in [1.29, 1.82) is 0 Å². The second-order valence-electron chi connectivity index (χ2n) is 9.78. The number of hydrogen-bond donors (Lipinski definition) is 3. The summed E-state index contributed by atoms with van der Waals surface area (Å²) in [6, 6.07) is 11.4. The molecule has 0 amide bonds. The van der Waals surface area contributed by atoms with Crippen molar-refractivity contribution in [1.82, 2.24) is 14.6 Å². The minimum Gasteiger partial charge on any atom is -0.461 e. The van der Waals surface area contributed by atoms with Gasteiger partial charge in [-0.15, -0.1) is 0 Å². The lowest BCUT2D eigenvalue weighted by atomic mass is 9.96. The van der Waals surface area contributed by atoms with Crippen LogP contribution >= 0.6 is 7.75 Å². The molecule has 2 fully saturated rings. The third kappa shape index (κ3) is 6.18. The molecule has 3 aromatic rings. The van der Waals surface area contributed by atoms with Gasteiger partial charge in [0.25, 0.3) is 5.56 Å². The summed E-state index contributed by atoms with van der Waals surface area (Å²) in [5.41, 5.74) is -2.10. The summed E-state index contributed by atoms with van der Waals surface area (Å²) in [5.74, 6) is -1.58. The highest BCUT2D eigenvalue weighted by Crippen LogP contribution is 2.47. The van der Waals surface area contributed by atoms with Crippen molar-refractivity contribution in [3.05, 3.63) is 75.3 Å². The number of nitrogens with zero attached hydrogens (tertiary/aromatic N) is 1. The first kappa shape index (κ1) is 28.2. The van der Waals surface area contributed by atoms with Gasteiger partial charge in [-0.05, 0) is 37.6 Å². The SMILES string of the molecule is C[C@H](NP(=O)(OC[C@H]1O[C@@H](n2cc(F)c(=O)[nH]c2=O)CC1O)Oc1cccc2ccccc12)C(=O)OC1CCC1. The molecule has 1 aliphatic carbocycles. The van der Waals surface area contributed by atoms with Gasteiger partial charge in [0.2, 0.25) is 5.82 Å². The van der Waals surface area contributed by atoms with E-state index in [2.05, 4.69) is 5.09 Å². The maximum Gasteiger partial charge on any atom is 0.459 e. The molecule has 214 valence electrons. The Labute approximate surface area is 227 Å². The molecule has 2 unspecified atom stereocenters. The lowest BCUT2D eigenvalue weighted by Gasteiger charge is -2.28. The highest BCUT2D eigenvalue weighted by molar-refractivity contribution is 7.52. The molecule has 12 nitrogen and oxygen atoms in total. The van der Waals surface area contributed by atoms with Gasteiger partial charge in [0.05, 0.1) is 18.9 Å². The topological polar surface area (TPSA) is 158 Å². The van der Waals surface area contributed by atoms with Crippen LogP contribution < -0.4 is 20.9 Å². The largest absolute Gasteiger partial charge is 0.461 e. The maximum atomic E-state index is 14.0. The summed E-state index contributed by atoms with van der Waals surface area (Å²) in [6.45, 7) is 0.995. The molecule has 2 aromatic carbocycles. The first-order chi connectivity index (χ1) is 19.1. The number of ether oxygens (including phenoxy) is 2. The molecule has 1 aromatic heterocycles. The van der Waals surface area contributed by atoms with Crippen molar-refractivity contribution >= 4 is 24.5 Å². The summed E-state index contributed by atoms with van der Waals surface area (Å²) in [5, 5.41) is 14.6. The fourth-order valence-electron chi connectivity index (χ4n) is 4.42.